The van der Waals surface area contributed by atoms with E-state index in [4.69, 9.17) is 7.73 Å². The third kappa shape index (κ3) is 8.70. The summed E-state index contributed by atoms with van der Waals surface area (Å²) in [5, 5.41) is 3.66. The van der Waals surface area contributed by atoms with Gasteiger partial charge in [-0.25, -0.2) is 0 Å². The number of pyridine rings is 1. The number of aromatic nitrogens is 3. The zero-order valence-corrected chi connectivity index (χ0v) is 38.4. The molecule has 3 heterocycles. The molecule has 1 radical (unpaired) electrons. The summed E-state index contributed by atoms with van der Waals surface area (Å²) in [6.07, 6.45) is 0.469. The molecule has 8 aromatic rings. The number of rotatable bonds is 7. The van der Waals surface area contributed by atoms with Crippen LogP contribution in [-0.2, 0) is 26.5 Å². The minimum absolute atomic E-state index is 0. The zero-order valence-electron chi connectivity index (χ0n) is 36.2. The van der Waals surface area contributed by atoms with Gasteiger partial charge in [-0.1, -0.05) is 134 Å². The maximum atomic E-state index is 8.75. The Labute approximate surface area is 355 Å². The third-order valence-electron chi connectivity index (χ3n) is 9.88. The molecule has 0 amide bonds. The molecule has 3 nitrogen and oxygen atoms in total. The van der Waals surface area contributed by atoms with E-state index in [1.165, 1.54) is 37.0 Å². The van der Waals surface area contributed by atoms with Crippen molar-refractivity contribution < 1.29 is 22.8 Å². The molecule has 0 atom stereocenters. The van der Waals surface area contributed by atoms with Crippen LogP contribution >= 0.6 is 11.3 Å². The summed E-state index contributed by atoms with van der Waals surface area (Å²) < 4.78 is 22.5. The molecule has 0 N–H and O–H groups in total. The van der Waals surface area contributed by atoms with Gasteiger partial charge in [0.15, 0.2) is 0 Å². The Morgan fingerprint density at radius 3 is 2.11 bits per heavy atom. The van der Waals surface area contributed by atoms with Crippen LogP contribution in [0.25, 0.3) is 59.5 Å². The predicted molar refractivity (Wildman–Crippen MR) is 241 cm³/mol. The second-order valence-corrected chi connectivity index (χ2v) is 23.2. The number of nitrogens with zero attached hydrogens (tertiary/aromatic N) is 3. The van der Waals surface area contributed by atoms with Crippen LogP contribution in [0.2, 0.25) is 19.6 Å². The Hall–Kier alpha value is -4.19. The number of fused-ring (bicyclic) bond motifs is 4. The minimum atomic E-state index is -1.70. The van der Waals surface area contributed by atoms with Gasteiger partial charge in [-0.3, -0.25) is 4.98 Å². The molecule has 0 saturated heterocycles. The number of thiophene rings is 1. The van der Waals surface area contributed by atoms with Gasteiger partial charge in [0.25, 0.3) is 0 Å². The molecule has 8 rings (SSSR count). The third-order valence-corrected chi connectivity index (χ3v) is 13.0. The summed E-state index contributed by atoms with van der Waals surface area (Å²) in [6.45, 7) is 21.7. The standard InChI is InChI=1S/C31H27N2S.C19H26NSi.Ir/c1-19(2)22-11-9-12-23(20(3)4)30(22)33-27-14-7-6-13-26(27)32-31(33)21-16-17-29-25(18-21)24-10-5-8-15-28(24)34-29;1-19(2,3)13-16-12-17(15-10-8-7-9-11-15)20-14-18(16)21(4,5)6;/h5-15,17-20H,1-4H3;7-10,12,14H,13H2,1-6H3;/q2*-1;/i;13D2;. The van der Waals surface area contributed by atoms with Gasteiger partial charge in [0.2, 0.25) is 0 Å². The van der Waals surface area contributed by atoms with Crippen molar-refractivity contribution in [3.05, 3.63) is 144 Å². The van der Waals surface area contributed by atoms with Gasteiger partial charge in [-0.2, -0.15) is 11.3 Å². The molecule has 3 aromatic heterocycles. The molecule has 0 unspecified atom stereocenters. The normalized spacial score (nSPS) is 12.8. The van der Waals surface area contributed by atoms with E-state index in [0.29, 0.717) is 11.8 Å². The smallest absolute Gasteiger partial charge is 0.0798 e. The summed E-state index contributed by atoms with van der Waals surface area (Å²) >= 11 is 1.83. The summed E-state index contributed by atoms with van der Waals surface area (Å²) in [7, 11) is -1.70. The Balaban J connectivity index is 0.000000208. The molecular formula is C50H53IrN3SSi-2. The van der Waals surface area contributed by atoms with Crippen molar-refractivity contribution in [2.45, 2.75) is 86.3 Å². The summed E-state index contributed by atoms with van der Waals surface area (Å²) in [5.74, 6) is 1.75. The maximum Gasteiger partial charge on any atom is 0.0798 e. The number of hydrogen-bond acceptors (Lipinski definition) is 3. The van der Waals surface area contributed by atoms with Crippen LogP contribution in [-0.4, -0.2) is 22.6 Å². The fourth-order valence-electron chi connectivity index (χ4n) is 7.26. The molecule has 0 aliphatic carbocycles. The van der Waals surface area contributed by atoms with Gasteiger partial charge >= 0.3 is 0 Å². The summed E-state index contributed by atoms with van der Waals surface area (Å²) in [5.41, 5.74) is 9.12. The van der Waals surface area contributed by atoms with Crippen molar-refractivity contribution in [2.75, 3.05) is 0 Å². The average Bonchev–Trinajstić information content (AvgIpc) is 3.75. The average molecular weight is 950 g/mol. The predicted octanol–water partition coefficient (Wildman–Crippen LogP) is 13.8. The molecule has 0 bridgehead atoms. The van der Waals surface area contributed by atoms with Crippen molar-refractivity contribution >= 4 is 55.8 Å². The van der Waals surface area contributed by atoms with E-state index in [9.17, 15) is 0 Å². The first kappa shape index (κ1) is 38.7. The van der Waals surface area contributed by atoms with Crippen molar-refractivity contribution in [3.63, 3.8) is 0 Å². The number of imidazole rings is 1. The van der Waals surface area contributed by atoms with E-state index in [-0.39, 0.29) is 20.1 Å². The number of para-hydroxylation sites is 3. The fourth-order valence-corrected chi connectivity index (χ4v) is 9.72. The zero-order chi connectivity index (χ0) is 40.9. The SMILES string of the molecule is CC(C)c1cccc(C(C)C)c1-n1c(-c2[c-]cc3sc4ccccc4c3c2)nc2ccccc21.[2H]C([2H])(c1cc(-c2[c-]cccc2)ncc1[Si](C)(C)C)C(C)(C)C.[Ir]. The van der Waals surface area contributed by atoms with Crippen LogP contribution in [0.5, 0.6) is 0 Å². The molecule has 0 aliphatic heterocycles. The molecule has 0 saturated carbocycles. The quantitative estimate of drug-likeness (QED) is 0.118. The van der Waals surface area contributed by atoms with Crippen LogP contribution < -0.4 is 5.19 Å². The first-order valence-corrected chi connectivity index (χ1v) is 23.7. The maximum absolute atomic E-state index is 8.75. The van der Waals surface area contributed by atoms with Crippen molar-refractivity contribution in [1.29, 1.82) is 0 Å². The van der Waals surface area contributed by atoms with Crippen LogP contribution in [0.3, 0.4) is 0 Å². The topological polar surface area (TPSA) is 30.7 Å². The van der Waals surface area contributed by atoms with E-state index in [1.807, 2.05) is 68.6 Å². The molecule has 289 valence electrons. The Kier molecular flexibility index (Phi) is 11.5. The number of benzene rings is 5. The first-order valence-electron chi connectivity index (χ1n) is 20.4. The molecule has 56 heavy (non-hydrogen) atoms. The van der Waals surface area contributed by atoms with E-state index >= 15 is 0 Å². The summed E-state index contributed by atoms with van der Waals surface area (Å²) in [4.78, 5) is 9.77. The van der Waals surface area contributed by atoms with Crippen molar-refractivity contribution in [3.8, 4) is 28.3 Å². The second kappa shape index (κ2) is 16.7. The van der Waals surface area contributed by atoms with Gasteiger partial charge in [0, 0.05) is 39.4 Å². The van der Waals surface area contributed by atoms with Crippen LogP contribution in [0.1, 0.15) is 79.7 Å². The van der Waals surface area contributed by atoms with E-state index < -0.39 is 19.9 Å². The number of hydrogen-bond donors (Lipinski definition) is 0. The van der Waals surface area contributed by atoms with Gasteiger partial charge in [-0.15, -0.1) is 59.7 Å². The molecule has 5 aromatic carbocycles. The van der Waals surface area contributed by atoms with E-state index in [0.717, 1.165) is 44.4 Å². The Morgan fingerprint density at radius 1 is 0.768 bits per heavy atom. The van der Waals surface area contributed by atoms with Gasteiger partial charge < -0.3 is 9.55 Å². The Bertz CT molecular complexity index is 2680. The molecule has 0 aliphatic rings. The monoisotopic (exact) mass is 950 g/mol. The van der Waals surface area contributed by atoms with Crippen LogP contribution in [0.4, 0.5) is 0 Å². The van der Waals surface area contributed by atoms with Crippen LogP contribution in [0, 0.1) is 17.5 Å². The van der Waals surface area contributed by atoms with E-state index in [2.05, 4.69) is 148 Å². The minimum Gasteiger partial charge on any atom is -0.333 e. The van der Waals surface area contributed by atoms with Gasteiger partial charge in [0.05, 0.1) is 24.9 Å². The molecule has 6 heteroatoms. The second-order valence-electron chi connectivity index (χ2n) is 17.1. The van der Waals surface area contributed by atoms with Crippen LogP contribution in [0.15, 0.2) is 115 Å². The summed E-state index contributed by atoms with van der Waals surface area (Å²) in [6, 6.07) is 44.7. The molecule has 0 fully saturated rings. The van der Waals surface area contributed by atoms with Gasteiger partial charge in [0.1, 0.15) is 0 Å². The van der Waals surface area contributed by atoms with E-state index in [1.54, 1.807) is 0 Å². The fraction of sp³-hybridized carbons (Fsp3) is 0.280. The Morgan fingerprint density at radius 2 is 1.45 bits per heavy atom. The van der Waals surface area contributed by atoms with Gasteiger partial charge in [-0.05, 0) is 73.9 Å². The molecule has 0 spiro atoms. The largest absolute Gasteiger partial charge is 0.333 e. The van der Waals surface area contributed by atoms with Crippen molar-refractivity contribution in [1.82, 2.24) is 14.5 Å². The van der Waals surface area contributed by atoms with Crippen molar-refractivity contribution in [2.24, 2.45) is 5.41 Å². The molecular weight excluding hydrogens is 895 g/mol. The first-order chi connectivity index (χ1) is 27.0.